The van der Waals surface area contributed by atoms with Gasteiger partial charge in [0.15, 0.2) is 0 Å². The van der Waals surface area contributed by atoms with E-state index in [0.717, 1.165) is 32.1 Å². The third-order valence-corrected chi connectivity index (χ3v) is 5.09. The summed E-state index contributed by atoms with van der Waals surface area (Å²) < 4.78 is 5.56. The van der Waals surface area contributed by atoms with E-state index in [1.165, 1.54) is 0 Å². The molecule has 1 saturated carbocycles. The van der Waals surface area contributed by atoms with Gasteiger partial charge in [0.2, 0.25) is 5.91 Å². The van der Waals surface area contributed by atoms with Crippen LogP contribution in [0.4, 0.5) is 5.69 Å². The Bertz CT molecular complexity index is 611. The van der Waals surface area contributed by atoms with Gasteiger partial charge in [0.25, 0.3) is 0 Å². The second kappa shape index (κ2) is 6.09. The summed E-state index contributed by atoms with van der Waals surface area (Å²) >= 11 is 12.0. The number of carbonyl (C=O) groups excluding carboxylic acids is 2. The van der Waals surface area contributed by atoms with Crippen LogP contribution in [0, 0.1) is 5.92 Å². The van der Waals surface area contributed by atoms with Crippen molar-refractivity contribution in [2.24, 2.45) is 5.92 Å². The number of halogens is 2. The molecule has 0 aromatic heterocycles. The number of carbonyl (C=O) groups is 2. The van der Waals surface area contributed by atoms with Crippen molar-refractivity contribution >= 4 is 40.8 Å². The van der Waals surface area contributed by atoms with Crippen LogP contribution in [0.25, 0.3) is 0 Å². The molecule has 2 aliphatic rings. The number of hydrogen-bond donors (Lipinski definition) is 1. The van der Waals surface area contributed by atoms with E-state index in [9.17, 15) is 9.59 Å². The van der Waals surface area contributed by atoms with E-state index in [0.29, 0.717) is 15.7 Å². The summed E-state index contributed by atoms with van der Waals surface area (Å²) in [6.07, 6.45) is 4.71. The molecule has 0 radical (unpaired) electrons. The van der Waals surface area contributed by atoms with E-state index in [2.05, 4.69) is 5.32 Å². The highest BCUT2D eigenvalue weighted by Crippen LogP contribution is 2.44. The van der Waals surface area contributed by atoms with Gasteiger partial charge >= 0.3 is 5.97 Å². The second-order valence-electron chi connectivity index (χ2n) is 5.97. The maximum atomic E-state index is 12.7. The van der Waals surface area contributed by atoms with Crippen molar-refractivity contribution in [1.29, 1.82) is 0 Å². The van der Waals surface area contributed by atoms with Gasteiger partial charge in [-0.2, -0.15) is 0 Å². The average molecular weight is 342 g/mol. The van der Waals surface area contributed by atoms with Crippen molar-refractivity contribution in [2.75, 3.05) is 5.32 Å². The standard InChI is InChI=1S/C16H17Cl2NO3/c17-10-4-5-12(18)13(8-10)19-15(21)11-9-14(20)22-16(11)6-2-1-3-7-16/h4-5,8,11H,1-3,6-7,9H2,(H,19,21)/t11-/m1/s1. The van der Waals surface area contributed by atoms with Crippen LogP contribution < -0.4 is 5.32 Å². The van der Waals surface area contributed by atoms with Gasteiger partial charge < -0.3 is 10.1 Å². The quantitative estimate of drug-likeness (QED) is 0.820. The summed E-state index contributed by atoms with van der Waals surface area (Å²) in [6, 6.07) is 4.89. The first-order valence-electron chi connectivity index (χ1n) is 7.48. The summed E-state index contributed by atoms with van der Waals surface area (Å²) in [6.45, 7) is 0. The predicted molar refractivity (Wildman–Crippen MR) is 85.1 cm³/mol. The Hall–Kier alpha value is -1.26. The SMILES string of the molecule is O=C1C[C@H](C(=O)Nc2cc(Cl)ccc2Cl)C2(CCCCC2)O1. The van der Waals surface area contributed by atoms with Crippen molar-refractivity contribution < 1.29 is 14.3 Å². The molecule has 2 fully saturated rings. The molecule has 3 rings (SSSR count). The highest BCUT2D eigenvalue weighted by Gasteiger charge is 2.52. The van der Waals surface area contributed by atoms with Crippen LogP contribution in [0.5, 0.6) is 0 Å². The fraction of sp³-hybridized carbons (Fsp3) is 0.500. The van der Waals surface area contributed by atoms with E-state index in [-0.39, 0.29) is 18.3 Å². The van der Waals surface area contributed by atoms with Gasteiger partial charge in [-0.25, -0.2) is 0 Å². The summed E-state index contributed by atoms with van der Waals surface area (Å²) in [5.41, 5.74) is -0.172. The van der Waals surface area contributed by atoms with E-state index >= 15 is 0 Å². The molecule has 1 aromatic rings. The molecule has 22 heavy (non-hydrogen) atoms. The van der Waals surface area contributed by atoms with Crippen LogP contribution in [-0.2, 0) is 14.3 Å². The molecule has 4 nitrogen and oxygen atoms in total. The Balaban J connectivity index is 1.81. The summed E-state index contributed by atoms with van der Waals surface area (Å²) in [7, 11) is 0. The third-order valence-electron chi connectivity index (χ3n) is 4.53. The number of amides is 1. The lowest BCUT2D eigenvalue weighted by Crippen LogP contribution is -2.43. The van der Waals surface area contributed by atoms with Gasteiger partial charge in [0.05, 0.1) is 23.0 Å². The Kier molecular flexibility index (Phi) is 4.33. The largest absolute Gasteiger partial charge is 0.458 e. The number of rotatable bonds is 2. The first-order valence-corrected chi connectivity index (χ1v) is 8.23. The van der Waals surface area contributed by atoms with Gasteiger partial charge in [-0.15, -0.1) is 0 Å². The first-order chi connectivity index (χ1) is 10.5. The predicted octanol–water partition coefficient (Wildman–Crippen LogP) is 4.20. The highest BCUT2D eigenvalue weighted by molar-refractivity contribution is 6.35. The zero-order valence-electron chi connectivity index (χ0n) is 12.0. The third kappa shape index (κ3) is 2.95. The number of benzene rings is 1. The summed E-state index contributed by atoms with van der Waals surface area (Å²) in [4.78, 5) is 24.4. The maximum absolute atomic E-state index is 12.7. The monoisotopic (exact) mass is 341 g/mol. The zero-order valence-corrected chi connectivity index (χ0v) is 13.5. The molecule has 1 atom stereocenters. The van der Waals surface area contributed by atoms with Crippen LogP contribution in [0.3, 0.4) is 0 Å². The van der Waals surface area contributed by atoms with Crippen molar-refractivity contribution in [1.82, 2.24) is 0 Å². The lowest BCUT2D eigenvalue weighted by Gasteiger charge is -2.36. The number of anilines is 1. The Morgan fingerprint density at radius 3 is 2.68 bits per heavy atom. The molecular formula is C16H17Cl2NO3. The molecule has 0 unspecified atom stereocenters. The molecule has 6 heteroatoms. The van der Waals surface area contributed by atoms with Crippen LogP contribution in [-0.4, -0.2) is 17.5 Å². The molecular weight excluding hydrogens is 325 g/mol. The lowest BCUT2D eigenvalue weighted by molar-refractivity contribution is -0.153. The molecule has 1 aliphatic heterocycles. The second-order valence-corrected chi connectivity index (χ2v) is 6.81. The van der Waals surface area contributed by atoms with E-state index < -0.39 is 11.5 Å². The number of esters is 1. The molecule has 0 bridgehead atoms. The average Bonchev–Trinajstić information content (AvgIpc) is 2.80. The fourth-order valence-corrected chi connectivity index (χ4v) is 3.77. The molecule has 1 spiro atoms. The Morgan fingerprint density at radius 1 is 1.23 bits per heavy atom. The summed E-state index contributed by atoms with van der Waals surface area (Å²) in [5, 5.41) is 3.71. The van der Waals surface area contributed by atoms with Gasteiger partial charge in [-0.3, -0.25) is 9.59 Å². The molecule has 1 saturated heterocycles. The van der Waals surface area contributed by atoms with Crippen LogP contribution in [0.1, 0.15) is 38.5 Å². The molecule has 1 aliphatic carbocycles. The lowest BCUT2D eigenvalue weighted by atomic mass is 9.75. The fourth-order valence-electron chi connectivity index (χ4n) is 3.44. The van der Waals surface area contributed by atoms with Crippen LogP contribution in [0.2, 0.25) is 10.0 Å². The number of hydrogen-bond acceptors (Lipinski definition) is 3. The molecule has 118 valence electrons. The van der Waals surface area contributed by atoms with Crippen molar-refractivity contribution in [2.45, 2.75) is 44.1 Å². The van der Waals surface area contributed by atoms with E-state index in [1.54, 1.807) is 18.2 Å². The van der Waals surface area contributed by atoms with Crippen LogP contribution >= 0.6 is 23.2 Å². The number of ether oxygens (including phenoxy) is 1. The van der Waals surface area contributed by atoms with E-state index in [1.807, 2.05) is 0 Å². The van der Waals surface area contributed by atoms with Crippen molar-refractivity contribution in [3.05, 3.63) is 28.2 Å². The zero-order chi connectivity index (χ0) is 15.7. The minimum Gasteiger partial charge on any atom is -0.458 e. The normalized spacial score (nSPS) is 23.4. The molecule has 1 N–H and O–H groups in total. The maximum Gasteiger partial charge on any atom is 0.307 e. The first kappa shape index (κ1) is 15.6. The van der Waals surface area contributed by atoms with Crippen molar-refractivity contribution in [3.8, 4) is 0 Å². The molecule has 1 aromatic carbocycles. The molecule has 1 amide bonds. The summed E-state index contributed by atoms with van der Waals surface area (Å²) in [5.74, 6) is -0.980. The van der Waals surface area contributed by atoms with Crippen molar-refractivity contribution in [3.63, 3.8) is 0 Å². The molecule has 1 heterocycles. The van der Waals surface area contributed by atoms with Crippen LogP contribution in [0.15, 0.2) is 18.2 Å². The van der Waals surface area contributed by atoms with Gasteiger partial charge in [-0.05, 0) is 43.9 Å². The highest BCUT2D eigenvalue weighted by atomic mass is 35.5. The smallest absolute Gasteiger partial charge is 0.307 e. The van der Waals surface area contributed by atoms with Gasteiger partial charge in [0, 0.05) is 5.02 Å². The topological polar surface area (TPSA) is 55.4 Å². The number of nitrogens with one attached hydrogen (secondary N) is 1. The Labute approximate surface area is 139 Å². The van der Waals surface area contributed by atoms with Gasteiger partial charge in [0.1, 0.15) is 5.60 Å². The minimum atomic E-state index is -0.634. The van der Waals surface area contributed by atoms with E-state index in [4.69, 9.17) is 27.9 Å². The minimum absolute atomic E-state index is 0.129. The van der Waals surface area contributed by atoms with Gasteiger partial charge in [-0.1, -0.05) is 29.6 Å². The Morgan fingerprint density at radius 2 is 1.95 bits per heavy atom.